The van der Waals surface area contributed by atoms with Gasteiger partial charge in [-0.2, -0.15) is 0 Å². The monoisotopic (exact) mass is 443 g/mol. The van der Waals surface area contributed by atoms with Crippen molar-refractivity contribution < 1.29 is 4.57 Å². The topological polar surface area (TPSA) is 8.29 Å². The van der Waals surface area contributed by atoms with Crippen molar-refractivity contribution in [1.82, 2.24) is 4.40 Å². The number of benzene rings is 4. The number of rotatable bonds is 2. The predicted octanol–water partition coefficient (Wildman–Crippen LogP) is 7.58. The molecule has 0 N–H and O–H groups in total. The Morgan fingerprint density at radius 3 is 2.42 bits per heavy atom. The maximum Gasteiger partial charge on any atom is 0.224 e. The van der Waals surface area contributed by atoms with Crippen molar-refractivity contribution in [3.05, 3.63) is 96.2 Å². The van der Waals surface area contributed by atoms with Gasteiger partial charge in [-0.05, 0) is 66.8 Å². The summed E-state index contributed by atoms with van der Waals surface area (Å²) < 4.78 is 4.81. The van der Waals surface area contributed by atoms with E-state index >= 15 is 0 Å². The van der Waals surface area contributed by atoms with Crippen LogP contribution in [0.3, 0.4) is 0 Å². The molecule has 0 atom stereocenters. The van der Waals surface area contributed by atoms with Gasteiger partial charge in [-0.15, -0.1) is 0 Å². The molecule has 0 aliphatic carbocycles. The van der Waals surface area contributed by atoms with Gasteiger partial charge in [0.15, 0.2) is 6.20 Å². The van der Waals surface area contributed by atoms with Crippen LogP contribution in [0, 0.1) is 13.8 Å². The molecule has 0 unspecified atom stereocenters. The van der Waals surface area contributed by atoms with Crippen LogP contribution in [0.15, 0.2) is 94.9 Å². The number of nitrogens with zero attached hydrogens (tertiary/aromatic N) is 2. The molecule has 2 nitrogen and oxygen atoms in total. The van der Waals surface area contributed by atoms with E-state index in [1.165, 1.54) is 69.9 Å². The third-order valence-corrected chi connectivity index (χ3v) is 8.14. The highest BCUT2D eigenvalue weighted by atomic mass is 32.2. The van der Waals surface area contributed by atoms with E-state index in [0.717, 1.165) is 0 Å². The molecule has 0 aliphatic heterocycles. The van der Waals surface area contributed by atoms with E-state index in [9.17, 15) is 0 Å². The Bertz CT molecular complexity index is 1860. The molecule has 4 aromatic carbocycles. The molecule has 0 bridgehead atoms. The summed E-state index contributed by atoms with van der Waals surface area (Å²) >= 11 is 1.82. The maximum atomic E-state index is 2.51. The van der Waals surface area contributed by atoms with Crippen LogP contribution in [0.1, 0.15) is 11.1 Å². The van der Waals surface area contributed by atoms with Crippen molar-refractivity contribution >= 4 is 60.8 Å². The molecule has 0 radical (unpaired) electrons. The van der Waals surface area contributed by atoms with Gasteiger partial charge >= 0.3 is 0 Å². The van der Waals surface area contributed by atoms with E-state index in [2.05, 4.69) is 115 Å². The summed E-state index contributed by atoms with van der Waals surface area (Å²) in [4.78, 5) is 2.53. The molecule has 0 fully saturated rings. The van der Waals surface area contributed by atoms with E-state index in [-0.39, 0.29) is 0 Å². The Hall–Kier alpha value is -3.56. The van der Waals surface area contributed by atoms with Gasteiger partial charge in [0, 0.05) is 26.6 Å². The van der Waals surface area contributed by atoms with Crippen LogP contribution >= 0.6 is 11.8 Å². The molecule has 3 heteroatoms. The van der Waals surface area contributed by atoms with Gasteiger partial charge in [0.25, 0.3) is 0 Å². The zero-order chi connectivity index (χ0) is 22.3. The summed E-state index contributed by atoms with van der Waals surface area (Å²) in [6.45, 7) is 4.52. The number of aromatic nitrogens is 2. The lowest BCUT2D eigenvalue weighted by atomic mass is 9.97. The van der Waals surface area contributed by atoms with Gasteiger partial charge in [0.05, 0.1) is 27.3 Å². The largest absolute Gasteiger partial charge is 0.307 e. The second kappa shape index (κ2) is 6.72. The fourth-order valence-electron chi connectivity index (χ4n) is 5.50. The molecule has 3 heterocycles. The lowest BCUT2D eigenvalue weighted by Gasteiger charge is -2.13. The van der Waals surface area contributed by atoms with Crippen molar-refractivity contribution in [3.63, 3.8) is 0 Å². The second-order valence-corrected chi connectivity index (χ2v) is 10.2. The van der Waals surface area contributed by atoms with Crippen molar-refractivity contribution in [2.24, 2.45) is 7.05 Å². The average molecular weight is 444 g/mol. The smallest absolute Gasteiger partial charge is 0.224 e. The minimum Gasteiger partial charge on any atom is -0.307 e. The van der Waals surface area contributed by atoms with Gasteiger partial charge in [0.2, 0.25) is 5.52 Å². The van der Waals surface area contributed by atoms with Crippen LogP contribution in [-0.2, 0) is 7.05 Å². The van der Waals surface area contributed by atoms with Gasteiger partial charge in [0.1, 0.15) is 7.05 Å². The molecule has 0 amide bonds. The fourth-order valence-corrected chi connectivity index (χ4v) is 6.37. The van der Waals surface area contributed by atoms with E-state index in [1.807, 2.05) is 11.8 Å². The van der Waals surface area contributed by atoms with Crippen LogP contribution in [0.2, 0.25) is 0 Å². The molecular formula is C30H23N2S+. The van der Waals surface area contributed by atoms with E-state index < -0.39 is 0 Å². The quantitative estimate of drug-likeness (QED) is 0.152. The van der Waals surface area contributed by atoms with Crippen molar-refractivity contribution in [1.29, 1.82) is 0 Å². The minimum absolute atomic E-state index is 1.26. The van der Waals surface area contributed by atoms with Crippen LogP contribution in [0.5, 0.6) is 0 Å². The van der Waals surface area contributed by atoms with E-state index in [4.69, 9.17) is 0 Å². The molecule has 7 aromatic rings. The van der Waals surface area contributed by atoms with Crippen LogP contribution < -0.4 is 4.57 Å². The number of pyridine rings is 2. The number of aryl methyl sites for hydroxylation is 3. The highest BCUT2D eigenvalue weighted by Crippen LogP contribution is 2.42. The van der Waals surface area contributed by atoms with E-state index in [0.29, 0.717) is 0 Å². The van der Waals surface area contributed by atoms with Gasteiger partial charge < -0.3 is 4.40 Å². The average Bonchev–Trinajstić information content (AvgIpc) is 3.15. The first-order valence-corrected chi connectivity index (χ1v) is 12.2. The Kier molecular flexibility index (Phi) is 3.86. The molecular weight excluding hydrogens is 420 g/mol. The first kappa shape index (κ1) is 19.0. The molecule has 0 saturated heterocycles. The Morgan fingerprint density at radius 2 is 1.58 bits per heavy atom. The summed E-state index contributed by atoms with van der Waals surface area (Å²) in [6.07, 6.45) is 2.20. The molecule has 0 saturated carbocycles. The first-order chi connectivity index (χ1) is 16.1. The van der Waals surface area contributed by atoms with Gasteiger partial charge in [-0.3, -0.25) is 0 Å². The first-order valence-electron chi connectivity index (χ1n) is 11.4. The molecule has 0 aliphatic rings. The molecule has 0 spiro atoms. The number of hydrogen-bond acceptors (Lipinski definition) is 1. The van der Waals surface area contributed by atoms with Gasteiger partial charge in [-0.25, -0.2) is 4.57 Å². The van der Waals surface area contributed by atoms with Crippen LogP contribution in [0.4, 0.5) is 0 Å². The predicted molar refractivity (Wildman–Crippen MR) is 140 cm³/mol. The zero-order valence-electron chi connectivity index (χ0n) is 18.9. The molecule has 3 aromatic heterocycles. The highest BCUT2D eigenvalue weighted by molar-refractivity contribution is 7.99. The second-order valence-electron chi connectivity index (χ2n) is 9.04. The Labute approximate surface area is 196 Å². The standard InChI is InChI=1S/C30H23N2S/c1-18-16-24-23-13-12-22(33-21-9-5-4-6-10-21)17-26(23)32-25-11-7-8-20-14-15-31(3)30(28(20)25)27(19(18)2)29(24)32/h4-17H,1-3H3/q+1. The summed E-state index contributed by atoms with van der Waals surface area (Å²) in [6, 6.07) is 28.9. The third-order valence-electron chi connectivity index (χ3n) is 7.14. The molecule has 33 heavy (non-hydrogen) atoms. The summed E-state index contributed by atoms with van der Waals surface area (Å²) in [7, 11) is 2.17. The SMILES string of the molecule is Cc1cc2c3ccc(Sc4ccccc4)cc3n3c4cccc5cc[n+](C)c(c(c1C)c23)c54. The highest BCUT2D eigenvalue weighted by Gasteiger charge is 2.24. The normalized spacial score (nSPS) is 12.2. The minimum atomic E-state index is 1.26. The summed E-state index contributed by atoms with van der Waals surface area (Å²) in [5, 5.41) is 6.65. The maximum absolute atomic E-state index is 2.51. The summed E-state index contributed by atoms with van der Waals surface area (Å²) in [5.41, 5.74) is 7.91. The summed E-state index contributed by atoms with van der Waals surface area (Å²) in [5.74, 6) is 0. The van der Waals surface area contributed by atoms with Gasteiger partial charge in [-0.1, -0.05) is 48.2 Å². The van der Waals surface area contributed by atoms with Crippen LogP contribution in [0.25, 0.3) is 49.0 Å². The fraction of sp³-hybridized carbons (Fsp3) is 0.100. The van der Waals surface area contributed by atoms with E-state index in [1.54, 1.807) is 0 Å². The molecule has 158 valence electrons. The Morgan fingerprint density at radius 1 is 0.727 bits per heavy atom. The zero-order valence-corrected chi connectivity index (χ0v) is 19.7. The lowest BCUT2D eigenvalue weighted by Crippen LogP contribution is -2.29. The van der Waals surface area contributed by atoms with Crippen molar-refractivity contribution in [3.8, 4) is 0 Å². The molecule has 7 rings (SSSR count). The third kappa shape index (κ3) is 2.54. The van der Waals surface area contributed by atoms with Crippen molar-refractivity contribution in [2.75, 3.05) is 0 Å². The Balaban J connectivity index is 1.71. The number of hydrogen-bond donors (Lipinski definition) is 0. The number of fused-ring (bicyclic) bond motifs is 5. The lowest BCUT2D eigenvalue weighted by molar-refractivity contribution is -0.643. The van der Waals surface area contributed by atoms with Crippen molar-refractivity contribution in [2.45, 2.75) is 23.6 Å². The van der Waals surface area contributed by atoms with Crippen LogP contribution in [-0.4, -0.2) is 4.40 Å².